The molecule has 0 radical (unpaired) electrons. The van der Waals surface area contributed by atoms with E-state index < -0.39 is 28.9 Å². The Bertz CT molecular complexity index is 1340. The molecule has 2 atom stereocenters. The van der Waals surface area contributed by atoms with Gasteiger partial charge in [0.25, 0.3) is 5.91 Å². The molecular weight excluding hydrogens is 520 g/mol. The van der Waals surface area contributed by atoms with E-state index in [4.69, 9.17) is 15.5 Å². The fourth-order valence-electron chi connectivity index (χ4n) is 5.09. The predicted molar refractivity (Wildman–Crippen MR) is 149 cm³/mol. The summed E-state index contributed by atoms with van der Waals surface area (Å²) in [6.07, 6.45) is 2.70. The van der Waals surface area contributed by atoms with Crippen molar-refractivity contribution in [1.82, 2.24) is 14.9 Å². The van der Waals surface area contributed by atoms with Crippen molar-refractivity contribution in [3.8, 4) is 0 Å². The van der Waals surface area contributed by atoms with Gasteiger partial charge in [0.2, 0.25) is 0 Å². The van der Waals surface area contributed by atoms with Gasteiger partial charge in [-0.25, -0.2) is 19.1 Å². The molecule has 1 saturated heterocycles. The van der Waals surface area contributed by atoms with E-state index in [1.807, 2.05) is 25.7 Å². The number of amides is 2. The highest BCUT2D eigenvalue weighted by Gasteiger charge is 2.40. The molecule has 12 heteroatoms. The molecule has 11 nitrogen and oxygen atoms in total. The van der Waals surface area contributed by atoms with Crippen molar-refractivity contribution in [1.29, 1.82) is 0 Å². The van der Waals surface area contributed by atoms with Gasteiger partial charge in [0.05, 0.1) is 22.5 Å². The van der Waals surface area contributed by atoms with E-state index in [1.165, 1.54) is 23.1 Å². The van der Waals surface area contributed by atoms with Crippen LogP contribution >= 0.6 is 0 Å². The highest BCUT2D eigenvalue weighted by molar-refractivity contribution is 7.81. The lowest BCUT2D eigenvalue weighted by atomic mass is 9.97. The third-order valence-electron chi connectivity index (χ3n) is 6.62. The van der Waals surface area contributed by atoms with Gasteiger partial charge in [-0.2, -0.15) is 0 Å². The Labute approximate surface area is 231 Å². The minimum Gasteiger partial charge on any atom is -0.755 e. The Morgan fingerprint density at radius 1 is 1.21 bits per heavy atom. The van der Waals surface area contributed by atoms with E-state index in [0.29, 0.717) is 41.2 Å². The van der Waals surface area contributed by atoms with Gasteiger partial charge in [0.15, 0.2) is 0 Å². The maximum Gasteiger partial charge on any atom is 0.414 e. The zero-order valence-electron chi connectivity index (χ0n) is 23.1. The molecule has 2 aliphatic rings. The largest absolute Gasteiger partial charge is 0.755 e. The lowest BCUT2D eigenvalue weighted by Gasteiger charge is -2.35. The molecule has 0 spiro atoms. The fraction of sp³-hybridized carbons (Fsp3) is 0.481. The van der Waals surface area contributed by atoms with Crippen molar-refractivity contribution in [2.24, 2.45) is 5.92 Å². The number of pyridine rings is 2. The number of hydrogen-bond acceptors (Lipinski definition) is 9. The average molecular weight is 556 g/mol. The van der Waals surface area contributed by atoms with Gasteiger partial charge in [0, 0.05) is 24.8 Å². The van der Waals surface area contributed by atoms with Crippen LogP contribution in [0.2, 0.25) is 0 Å². The lowest BCUT2D eigenvalue weighted by Crippen LogP contribution is -2.41. The summed E-state index contributed by atoms with van der Waals surface area (Å²) in [7, 11) is 0. The number of nitrogen functional groups attached to an aromatic ring is 1. The quantitative estimate of drug-likeness (QED) is 0.539. The van der Waals surface area contributed by atoms with E-state index in [1.54, 1.807) is 18.3 Å². The molecule has 1 unspecified atom stereocenters. The maximum atomic E-state index is 13.8. The monoisotopic (exact) mass is 555 g/mol. The third-order valence-corrected chi connectivity index (χ3v) is 7.27. The van der Waals surface area contributed by atoms with Gasteiger partial charge in [0.1, 0.15) is 23.1 Å². The second-order valence-corrected chi connectivity index (χ2v) is 12.4. The molecule has 0 bridgehead atoms. The number of anilines is 3. The highest BCUT2D eigenvalue weighted by Crippen LogP contribution is 2.39. The highest BCUT2D eigenvalue weighted by atomic mass is 32.2. The number of hydrogen-bond donors (Lipinski definition) is 1. The van der Waals surface area contributed by atoms with Crippen molar-refractivity contribution in [3.63, 3.8) is 0 Å². The van der Waals surface area contributed by atoms with Gasteiger partial charge in [-0.1, -0.05) is 13.0 Å². The van der Waals surface area contributed by atoms with Crippen LogP contribution in [-0.4, -0.2) is 59.9 Å². The first-order chi connectivity index (χ1) is 18.2. The minimum atomic E-state index is -2.96. The van der Waals surface area contributed by atoms with Crippen molar-refractivity contribution >= 4 is 46.3 Å². The topological polar surface area (TPSA) is 145 Å². The standard InChI is InChI=1S/C27H36N6O5S/c1-17-14-27(5,6)32(15-17)23-19(24(34)33(39(36)37)22-9-7-8-21(28)30-22)10-11-20(29-23)18-12-13-31(16-18)25(35)38-26(2,3)4/h7-11,16-17H,12-15H2,1-6H3,(H2,28,30)(H,36,37)/p-1/t17-/m0/s1. The van der Waals surface area contributed by atoms with Crippen molar-refractivity contribution in [3.05, 3.63) is 47.8 Å². The van der Waals surface area contributed by atoms with Crippen LogP contribution < -0.4 is 14.9 Å². The molecule has 1 fully saturated rings. The summed E-state index contributed by atoms with van der Waals surface area (Å²) in [5.74, 6) is -0.0999. The molecule has 210 valence electrons. The Balaban J connectivity index is 1.77. The molecule has 2 amide bonds. The van der Waals surface area contributed by atoms with Gasteiger partial charge < -0.3 is 19.9 Å². The van der Waals surface area contributed by atoms with Crippen LogP contribution in [0.3, 0.4) is 0 Å². The van der Waals surface area contributed by atoms with Crippen molar-refractivity contribution in [2.75, 3.05) is 28.0 Å². The molecule has 2 aromatic heterocycles. The molecule has 0 aromatic carbocycles. The van der Waals surface area contributed by atoms with Crippen LogP contribution in [0.5, 0.6) is 0 Å². The van der Waals surface area contributed by atoms with Crippen LogP contribution in [0.4, 0.5) is 22.2 Å². The molecular formula is C27H35N6O5S-. The van der Waals surface area contributed by atoms with E-state index in [-0.39, 0.29) is 22.7 Å². The summed E-state index contributed by atoms with van der Waals surface area (Å²) >= 11 is -2.96. The summed E-state index contributed by atoms with van der Waals surface area (Å²) in [5.41, 5.74) is 6.34. The molecule has 2 N–H and O–H groups in total. The maximum absolute atomic E-state index is 13.8. The SMILES string of the molecule is C[C@@H]1CN(c2nc(C3=CN(C(=O)OC(C)(C)C)CC3)ccc2C(=O)N(c2cccc(N)n2)S(=O)[O-])C(C)(C)C1. The number of rotatable bonds is 5. The summed E-state index contributed by atoms with van der Waals surface area (Å²) in [6, 6.07) is 7.70. The lowest BCUT2D eigenvalue weighted by molar-refractivity contribution is 0.0349. The van der Waals surface area contributed by atoms with Crippen LogP contribution in [0.25, 0.3) is 5.57 Å². The van der Waals surface area contributed by atoms with Gasteiger partial charge in [-0.05, 0) is 83.2 Å². The third kappa shape index (κ3) is 6.22. The Kier molecular flexibility index (Phi) is 7.72. The number of nitrogens with two attached hydrogens (primary N) is 1. The van der Waals surface area contributed by atoms with Crippen molar-refractivity contribution < 1.29 is 23.1 Å². The summed E-state index contributed by atoms with van der Waals surface area (Å²) in [4.78, 5) is 38.9. The van der Waals surface area contributed by atoms with Crippen molar-refractivity contribution in [2.45, 2.75) is 65.5 Å². The zero-order chi connectivity index (χ0) is 28.7. The second kappa shape index (κ2) is 10.6. The summed E-state index contributed by atoms with van der Waals surface area (Å²) in [5, 5.41) is 0. The molecule has 39 heavy (non-hydrogen) atoms. The number of nitrogens with zero attached hydrogens (tertiary/aromatic N) is 5. The first-order valence-electron chi connectivity index (χ1n) is 12.8. The zero-order valence-corrected chi connectivity index (χ0v) is 23.9. The van der Waals surface area contributed by atoms with Gasteiger partial charge >= 0.3 is 6.09 Å². The summed E-state index contributed by atoms with van der Waals surface area (Å²) < 4.78 is 30.6. The smallest absolute Gasteiger partial charge is 0.414 e. The van der Waals surface area contributed by atoms with E-state index >= 15 is 0 Å². The molecule has 0 saturated carbocycles. The number of aromatic nitrogens is 2. The summed E-state index contributed by atoms with van der Waals surface area (Å²) in [6.45, 7) is 12.8. The normalized spacial score (nSPS) is 19.6. The number of carbonyl (C=O) groups excluding carboxylic acids is 2. The molecule has 4 heterocycles. The van der Waals surface area contributed by atoms with Crippen LogP contribution in [-0.2, 0) is 16.0 Å². The molecule has 2 aromatic rings. The van der Waals surface area contributed by atoms with Gasteiger partial charge in [-0.15, -0.1) is 0 Å². The number of ether oxygens (including phenoxy) is 1. The van der Waals surface area contributed by atoms with Crippen LogP contribution in [0.15, 0.2) is 36.5 Å². The second-order valence-electron chi connectivity index (χ2n) is 11.6. The predicted octanol–water partition coefficient (Wildman–Crippen LogP) is 4.11. The van der Waals surface area contributed by atoms with Crippen LogP contribution in [0.1, 0.15) is 70.4 Å². The molecule has 2 aliphatic heterocycles. The number of carbonyl (C=O) groups is 2. The van der Waals surface area contributed by atoms with Gasteiger partial charge in [-0.3, -0.25) is 13.9 Å². The Morgan fingerprint density at radius 2 is 1.92 bits per heavy atom. The Morgan fingerprint density at radius 3 is 2.51 bits per heavy atom. The first-order valence-corrected chi connectivity index (χ1v) is 13.9. The first kappa shape index (κ1) is 28.5. The van der Waals surface area contributed by atoms with E-state index in [0.717, 1.165) is 12.0 Å². The average Bonchev–Trinajstić information content (AvgIpc) is 3.41. The van der Waals surface area contributed by atoms with E-state index in [9.17, 15) is 18.4 Å². The fourth-order valence-corrected chi connectivity index (χ4v) is 5.57. The molecule has 4 rings (SSSR count). The van der Waals surface area contributed by atoms with Crippen LogP contribution in [0, 0.1) is 5.92 Å². The van der Waals surface area contributed by atoms with E-state index in [2.05, 4.69) is 25.8 Å². The Hall–Kier alpha value is -3.51. The molecule has 0 aliphatic carbocycles. The minimum absolute atomic E-state index is 0.0849.